The lowest BCUT2D eigenvalue weighted by atomic mass is 9.92. The summed E-state index contributed by atoms with van der Waals surface area (Å²) in [4.78, 5) is 24.6. The number of likely N-dealkylation sites (tertiary alicyclic amines) is 1. The third kappa shape index (κ3) is 5.46. The monoisotopic (exact) mass is 272 g/mol. The van der Waals surface area contributed by atoms with Crippen molar-refractivity contribution in [3.05, 3.63) is 0 Å². The SMILES string of the molecule is CCC1CC(NC(=O)OC)CN(CCC(=O)OC)C1. The van der Waals surface area contributed by atoms with Gasteiger partial charge in [-0.15, -0.1) is 0 Å². The molecule has 1 fully saturated rings. The molecule has 0 spiro atoms. The largest absolute Gasteiger partial charge is 0.469 e. The van der Waals surface area contributed by atoms with E-state index in [-0.39, 0.29) is 12.0 Å². The Morgan fingerprint density at radius 3 is 2.58 bits per heavy atom. The smallest absolute Gasteiger partial charge is 0.407 e. The van der Waals surface area contributed by atoms with Crippen LogP contribution in [0.5, 0.6) is 0 Å². The van der Waals surface area contributed by atoms with Crippen LogP contribution in [0.3, 0.4) is 0 Å². The zero-order valence-electron chi connectivity index (χ0n) is 12.0. The van der Waals surface area contributed by atoms with Crippen LogP contribution in [-0.2, 0) is 14.3 Å². The maximum atomic E-state index is 11.3. The molecule has 0 aliphatic carbocycles. The maximum absolute atomic E-state index is 11.3. The van der Waals surface area contributed by atoms with Gasteiger partial charge in [0.2, 0.25) is 0 Å². The fourth-order valence-electron chi connectivity index (χ4n) is 2.46. The second-order valence-corrected chi connectivity index (χ2v) is 4.93. The van der Waals surface area contributed by atoms with Crippen LogP contribution in [0.15, 0.2) is 0 Å². The van der Waals surface area contributed by atoms with Gasteiger partial charge in [-0.1, -0.05) is 13.3 Å². The van der Waals surface area contributed by atoms with Crippen LogP contribution in [0, 0.1) is 5.92 Å². The molecule has 1 aliphatic rings. The second kappa shape index (κ2) is 7.99. The van der Waals surface area contributed by atoms with Gasteiger partial charge in [-0.25, -0.2) is 4.79 Å². The molecule has 0 aromatic heterocycles. The van der Waals surface area contributed by atoms with Gasteiger partial charge < -0.3 is 19.7 Å². The Hall–Kier alpha value is -1.30. The van der Waals surface area contributed by atoms with E-state index in [0.717, 1.165) is 25.9 Å². The topological polar surface area (TPSA) is 67.9 Å². The van der Waals surface area contributed by atoms with E-state index in [1.807, 2.05) is 0 Å². The van der Waals surface area contributed by atoms with E-state index < -0.39 is 6.09 Å². The average Bonchev–Trinajstić information content (AvgIpc) is 2.44. The number of ether oxygens (including phenoxy) is 2. The number of nitrogens with zero attached hydrogens (tertiary/aromatic N) is 1. The summed E-state index contributed by atoms with van der Waals surface area (Å²) in [6.07, 6.45) is 2.02. The van der Waals surface area contributed by atoms with Crippen LogP contribution < -0.4 is 5.32 Å². The summed E-state index contributed by atoms with van der Waals surface area (Å²) >= 11 is 0. The van der Waals surface area contributed by atoms with Crippen molar-refractivity contribution in [3.8, 4) is 0 Å². The molecule has 1 rings (SSSR count). The van der Waals surface area contributed by atoms with Crippen LogP contribution in [0.4, 0.5) is 4.79 Å². The molecule has 0 aromatic rings. The number of hydrogen-bond acceptors (Lipinski definition) is 5. The summed E-state index contributed by atoms with van der Waals surface area (Å²) < 4.78 is 9.28. The standard InChI is InChI=1S/C13H24N2O4/c1-4-10-7-11(14-13(17)19-3)9-15(8-10)6-5-12(16)18-2/h10-11H,4-9H2,1-3H3,(H,14,17). The van der Waals surface area contributed by atoms with Gasteiger partial charge in [-0.3, -0.25) is 4.79 Å². The van der Waals surface area contributed by atoms with Gasteiger partial charge in [0.05, 0.1) is 20.6 Å². The van der Waals surface area contributed by atoms with Crippen molar-refractivity contribution in [2.75, 3.05) is 33.9 Å². The summed E-state index contributed by atoms with van der Waals surface area (Å²) in [6, 6.07) is 0.0868. The van der Waals surface area contributed by atoms with Gasteiger partial charge >= 0.3 is 12.1 Å². The van der Waals surface area contributed by atoms with Gasteiger partial charge in [-0.2, -0.15) is 0 Å². The van der Waals surface area contributed by atoms with E-state index >= 15 is 0 Å². The highest BCUT2D eigenvalue weighted by Crippen LogP contribution is 2.20. The molecule has 2 atom stereocenters. The van der Waals surface area contributed by atoms with Crippen molar-refractivity contribution in [1.29, 1.82) is 0 Å². The zero-order valence-corrected chi connectivity index (χ0v) is 12.0. The molecule has 1 heterocycles. The molecule has 0 aromatic carbocycles. The number of amides is 1. The normalized spacial score (nSPS) is 23.7. The zero-order chi connectivity index (χ0) is 14.3. The van der Waals surface area contributed by atoms with Crippen LogP contribution in [0.25, 0.3) is 0 Å². The van der Waals surface area contributed by atoms with Crippen LogP contribution in [-0.4, -0.2) is 56.9 Å². The van der Waals surface area contributed by atoms with Crippen LogP contribution in [0.2, 0.25) is 0 Å². The number of methoxy groups -OCH3 is 2. The highest BCUT2D eigenvalue weighted by Gasteiger charge is 2.27. The minimum absolute atomic E-state index is 0.0868. The lowest BCUT2D eigenvalue weighted by Gasteiger charge is -2.37. The van der Waals surface area contributed by atoms with Crippen molar-refractivity contribution in [2.45, 2.75) is 32.2 Å². The molecule has 1 N–H and O–H groups in total. The minimum Gasteiger partial charge on any atom is -0.469 e. The Morgan fingerprint density at radius 2 is 2.00 bits per heavy atom. The first-order valence-electron chi connectivity index (χ1n) is 6.72. The van der Waals surface area contributed by atoms with Crippen molar-refractivity contribution in [2.24, 2.45) is 5.92 Å². The van der Waals surface area contributed by atoms with Gasteiger partial charge in [0, 0.05) is 25.7 Å². The summed E-state index contributed by atoms with van der Waals surface area (Å²) in [5.74, 6) is 0.338. The third-order valence-electron chi connectivity index (χ3n) is 3.56. The number of esters is 1. The fraction of sp³-hybridized carbons (Fsp3) is 0.846. The Kier molecular flexibility index (Phi) is 6.62. The van der Waals surface area contributed by atoms with Crippen molar-refractivity contribution in [1.82, 2.24) is 10.2 Å². The van der Waals surface area contributed by atoms with Crippen molar-refractivity contribution >= 4 is 12.1 Å². The molecular formula is C13H24N2O4. The summed E-state index contributed by atoms with van der Waals surface area (Å²) in [5.41, 5.74) is 0. The van der Waals surface area contributed by atoms with Gasteiger partial charge in [-0.05, 0) is 12.3 Å². The molecule has 19 heavy (non-hydrogen) atoms. The number of nitrogens with one attached hydrogen (secondary N) is 1. The lowest BCUT2D eigenvalue weighted by molar-refractivity contribution is -0.141. The molecule has 110 valence electrons. The maximum Gasteiger partial charge on any atom is 0.407 e. The van der Waals surface area contributed by atoms with E-state index in [1.165, 1.54) is 14.2 Å². The van der Waals surface area contributed by atoms with E-state index in [4.69, 9.17) is 0 Å². The molecule has 6 nitrogen and oxygen atoms in total. The number of hydrogen-bond donors (Lipinski definition) is 1. The van der Waals surface area contributed by atoms with E-state index in [2.05, 4.69) is 26.6 Å². The first-order chi connectivity index (χ1) is 9.08. The Bertz CT molecular complexity index is 309. The Balaban J connectivity index is 2.47. The second-order valence-electron chi connectivity index (χ2n) is 4.93. The molecule has 1 aliphatic heterocycles. The summed E-state index contributed by atoms with van der Waals surface area (Å²) in [5, 5.41) is 2.85. The molecule has 1 amide bonds. The average molecular weight is 272 g/mol. The molecule has 6 heteroatoms. The van der Waals surface area contributed by atoms with E-state index in [9.17, 15) is 9.59 Å². The van der Waals surface area contributed by atoms with Crippen molar-refractivity contribution in [3.63, 3.8) is 0 Å². The van der Waals surface area contributed by atoms with Gasteiger partial charge in [0.1, 0.15) is 0 Å². The molecule has 0 bridgehead atoms. The van der Waals surface area contributed by atoms with Gasteiger partial charge in [0.25, 0.3) is 0 Å². The number of rotatable bonds is 5. The third-order valence-corrected chi connectivity index (χ3v) is 3.56. The Morgan fingerprint density at radius 1 is 1.26 bits per heavy atom. The molecular weight excluding hydrogens is 248 g/mol. The summed E-state index contributed by atoms with van der Waals surface area (Å²) in [6.45, 7) is 4.53. The molecule has 2 unspecified atom stereocenters. The van der Waals surface area contributed by atoms with Crippen LogP contribution >= 0.6 is 0 Å². The molecule has 0 saturated carbocycles. The molecule has 1 saturated heterocycles. The highest BCUT2D eigenvalue weighted by molar-refractivity contribution is 5.69. The quantitative estimate of drug-likeness (QED) is 0.756. The highest BCUT2D eigenvalue weighted by atomic mass is 16.5. The Labute approximate surface area is 114 Å². The number of carbonyl (C=O) groups excluding carboxylic acids is 2. The van der Waals surface area contributed by atoms with Crippen molar-refractivity contribution < 1.29 is 19.1 Å². The number of piperidine rings is 1. The predicted octanol–water partition coefficient (Wildman–Crippen LogP) is 1.01. The number of alkyl carbamates (subject to hydrolysis) is 1. The van der Waals surface area contributed by atoms with E-state index in [1.54, 1.807) is 0 Å². The molecule has 0 radical (unpaired) electrons. The minimum atomic E-state index is -0.394. The first kappa shape index (κ1) is 15.8. The predicted molar refractivity (Wildman–Crippen MR) is 70.8 cm³/mol. The lowest BCUT2D eigenvalue weighted by Crippen LogP contribution is -2.51. The van der Waals surface area contributed by atoms with E-state index in [0.29, 0.717) is 18.9 Å². The van der Waals surface area contributed by atoms with Gasteiger partial charge in [0.15, 0.2) is 0 Å². The summed E-state index contributed by atoms with van der Waals surface area (Å²) in [7, 11) is 2.76. The fourth-order valence-corrected chi connectivity index (χ4v) is 2.46. The number of carbonyl (C=O) groups is 2. The first-order valence-corrected chi connectivity index (χ1v) is 6.72. The van der Waals surface area contributed by atoms with Crippen LogP contribution in [0.1, 0.15) is 26.2 Å².